The molecule has 0 atom stereocenters. The molecule has 0 unspecified atom stereocenters. The first-order valence-corrected chi connectivity index (χ1v) is 5.01. The van der Waals surface area contributed by atoms with Gasteiger partial charge in [-0.15, -0.1) is 0 Å². The molecule has 1 rings (SSSR count). The van der Waals surface area contributed by atoms with Crippen LogP contribution in [0.3, 0.4) is 0 Å². The Hall–Kier alpha value is -1.84. The quantitative estimate of drug-likeness (QED) is 0.526. The molecule has 0 aliphatic rings. The molecule has 1 aromatic heterocycles. The number of anilines is 2. The molecule has 0 amide bonds. The number of rotatable bonds is 6. The molecule has 0 radical (unpaired) electrons. The topological polar surface area (TPSA) is 107 Å². The Balaban J connectivity index is 2.80. The van der Waals surface area contributed by atoms with Crippen LogP contribution in [0.5, 0.6) is 0 Å². The highest BCUT2D eigenvalue weighted by atomic mass is 16.3. The van der Waals surface area contributed by atoms with E-state index >= 15 is 0 Å². The van der Waals surface area contributed by atoms with E-state index in [0.717, 1.165) is 0 Å². The molecule has 1 aromatic rings. The van der Waals surface area contributed by atoms with Crippen LogP contribution in [0.25, 0.3) is 0 Å². The summed E-state index contributed by atoms with van der Waals surface area (Å²) in [6.45, 7) is 1.49. The van der Waals surface area contributed by atoms with E-state index in [1.807, 2.05) is 6.07 Å². The van der Waals surface area contributed by atoms with Crippen molar-refractivity contribution in [1.29, 1.82) is 5.26 Å². The summed E-state index contributed by atoms with van der Waals surface area (Å²) in [6.07, 6.45) is 0. The van der Waals surface area contributed by atoms with E-state index in [0.29, 0.717) is 36.8 Å². The second-order valence-corrected chi connectivity index (χ2v) is 3.07. The van der Waals surface area contributed by atoms with Gasteiger partial charge in [0.2, 0.25) is 0 Å². The number of hydrogen-bond acceptors (Lipinski definition) is 6. The van der Waals surface area contributed by atoms with Crippen LogP contribution in [-0.2, 0) is 0 Å². The summed E-state index contributed by atoms with van der Waals surface area (Å²) in [5.41, 5.74) is 5.84. The van der Waals surface area contributed by atoms with Crippen LogP contribution >= 0.6 is 0 Å². The molecule has 5 N–H and O–H groups in total. The number of nitrogens with one attached hydrogen (secondary N) is 2. The van der Waals surface area contributed by atoms with Crippen molar-refractivity contribution in [3.8, 4) is 6.07 Å². The number of nitrogens with zero attached hydrogens (tertiary/aromatic N) is 2. The molecular formula is C10H15N5O. The fourth-order valence-corrected chi connectivity index (χ4v) is 1.16. The first-order valence-electron chi connectivity index (χ1n) is 5.01. The summed E-state index contributed by atoms with van der Waals surface area (Å²) < 4.78 is 0. The van der Waals surface area contributed by atoms with Gasteiger partial charge < -0.3 is 21.5 Å². The lowest BCUT2D eigenvalue weighted by atomic mass is 10.2. The van der Waals surface area contributed by atoms with Gasteiger partial charge in [0.05, 0.1) is 12.2 Å². The Morgan fingerprint density at radius 2 is 2.19 bits per heavy atom. The fraction of sp³-hybridized carbons (Fsp3) is 0.400. The standard InChI is InChI=1S/C10H15N5O/c11-3-4-14-10-8(7-12)1-2-9(15-10)13-5-6-16/h1-2,16H,3-6,11H2,(H2,13,14,15). The van der Waals surface area contributed by atoms with Crippen molar-refractivity contribution in [2.45, 2.75) is 0 Å². The molecule has 0 fully saturated rings. The number of aromatic nitrogens is 1. The van der Waals surface area contributed by atoms with Gasteiger partial charge in [0.25, 0.3) is 0 Å². The maximum absolute atomic E-state index is 8.86. The van der Waals surface area contributed by atoms with Crippen LogP contribution in [-0.4, -0.2) is 36.3 Å². The number of nitriles is 1. The van der Waals surface area contributed by atoms with E-state index in [1.54, 1.807) is 12.1 Å². The molecule has 6 heteroatoms. The van der Waals surface area contributed by atoms with Crippen molar-refractivity contribution >= 4 is 11.6 Å². The molecule has 0 aliphatic heterocycles. The maximum Gasteiger partial charge on any atom is 0.146 e. The lowest BCUT2D eigenvalue weighted by Gasteiger charge is -2.09. The van der Waals surface area contributed by atoms with Gasteiger partial charge in [0.15, 0.2) is 0 Å². The second kappa shape index (κ2) is 6.61. The van der Waals surface area contributed by atoms with E-state index in [2.05, 4.69) is 15.6 Å². The third-order valence-electron chi connectivity index (χ3n) is 1.87. The maximum atomic E-state index is 8.86. The molecule has 0 saturated heterocycles. The van der Waals surface area contributed by atoms with Gasteiger partial charge in [-0.2, -0.15) is 5.26 Å². The zero-order chi connectivity index (χ0) is 11.8. The number of nitrogens with two attached hydrogens (primary N) is 1. The summed E-state index contributed by atoms with van der Waals surface area (Å²) in [4.78, 5) is 4.21. The normalized spacial score (nSPS) is 9.56. The number of aliphatic hydroxyl groups excluding tert-OH is 1. The van der Waals surface area contributed by atoms with E-state index in [1.165, 1.54) is 0 Å². The molecule has 0 spiro atoms. The third-order valence-corrected chi connectivity index (χ3v) is 1.87. The van der Waals surface area contributed by atoms with Crippen molar-refractivity contribution in [3.05, 3.63) is 17.7 Å². The number of pyridine rings is 1. The molecule has 16 heavy (non-hydrogen) atoms. The van der Waals surface area contributed by atoms with Gasteiger partial charge in [-0.3, -0.25) is 0 Å². The molecule has 86 valence electrons. The highest BCUT2D eigenvalue weighted by Gasteiger charge is 2.04. The summed E-state index contributed by atoms with van der Waals surface area (Å²) in [5, 5.41) is 23.4. The van der Waals surface area contributed by atoms with Crippen molar-refractivity contribution in [1.82, 2.24) is 4.98 Å². The molecule has 0 aromatic carbocycles. The number of hydrogen-bond donors (Lipinski definition) is 4. The van der Waals surface area contributed by atoms with E-state index < -0.39 is 0 Å². The van der Waals surface area contributed by atoms with Gasteiger partial charge in [-0.25, -0.2) is 4.98 Å². The second-order valence-electron chi connectivity index (χ2n) is 3.07. The molecule has 0 saturated carbocycles. The van der Waals surface area contributed by atoms with Gasteiger partial charge in [-0.1, -0.05) is 0 Å². The van der Waals surface area contributed by atoms with E-state index in [4.69, 9.17) is 16.1 Å². The van der Waals surface area contributed by atoms with Crippen molar-refractivity contribution in [2.24, 2.45) is 5.73 Å². The van der Waals surface area contributed by atoms with Crippen LogP contribution in [0.4, 0.5) is 11.6 Å². The smallest absolute Gasteiger partial charge is 0.146 e. The van der Waals surface area contributed by atoms with Crippen LogP contribution in [0.1, 0.15) is 5.56 Å². The van der Waals surface area contributed by atoms with Gasteiger partial charge in [0.1, 0.15) is 17.7 Å². The van der Waals surface area contributed by atoms with Crippen LogP contribution in [0, 0.1) is 11.3 Å². The highest BCUT2D eigenvalue weighted by molar-refractivity contribution is 5.56. The lowest BCUT2D eigenvalue weighted by Crippen LogP contribution is -2.15. The van der Waals surface area contributed by atoms with Gasteiger partial charge in [0, 0.05) is 19.6 Å². The Kier molecular flexibility index (Phi) is 5.05. The first-order chi connectivity index (χ1) is 7.81. The molecular weight excluding hydrogens is 206 g/mol. The van der Waals surface area contributed by atoms with Crippen molar-refractivity contribution < 1.29 is 5.11 Å². The van der Waals surface area contributed by atoms with E-state index in [9.17, 15) is 0 Å². The first kappa shape index (κ1) is 12.2. The lowest BCUT2D eigenvalue weighted by molar-refractivity contribution is 0.311. The Bertz CT molecular complexity index is 374. The third kappa shape index (κ3) is 3.38. The molecule has 0 bridgehead atoms. The van der Waals surface area contributed by atoms with Crippen LogP contribution in [0.2, 0.25) is 0 Å². The number of aliphatic hydroxyl groups is 1. The molecule has 0 aliphatic carbocycles. The average Bonchev–Trinajstić information content (AvgIpc) is 2.33. The summed E-state index contributed by atoms with van der Waals surface area (Å²) in [7, 11) is 0. The highest BCUT2D eigenvalue weighted by Crippen LogP contribution is 2.14. The SMILES string of the molecule is N#Cc1ccc(NCCO)nc1NCCN. The van der Waals surface area contributed by atoms with Gasteiger partial charge >= 0.3 is 0 Å². The van der Waals surface area contributed by atoms with Crippen LogP contribution in [0.15, 0.2) is 12.1 Å². The zero-order valence-electron chi connectivity index (χ0n) is 8.90. The fourth-order valence-electron chi connectivity index (χ4n) is 1.16. The largest absolute Gasteiger partial charge is 0.395 e. The minimum absolute atomic E-state index is 0.0350. The summed E-state index contributed by atoms with van der Waals surface area (Å²) in [5.74, 6) is 1.13. The minimum Gasteiger partial charge on any atom is -0.395 e. The zero-order valence-corrected chi connectivity index (χ0v) is 8.90. The predicted octanol–water partition coefficient (Wildman–Crippen LogP) is -0.272. The molecule has 1 heterocycles. The molecule has 6 nitrogen and oxygen atoms in total. The van der Waals surface area contributed by atoms with Gasteiger partial charge in [-0.05, 0) is 12.1 Å². The Morgan fingerprint density at radius 1 is 1.38 bits per heavy atom. The van der Waals surface area contributed by atoms with Crippen molar-refractivity contribution in [3.63, 3.8) is 0 Å². The average molecular weight is 221 g/mol. The minimum atomic E-state index is 0.0350. The summed E-state index contributed by atoms with van der Waals surface area (Å²) >= 11 is 0. The van der Waals surface area contributed by atoms with Crippen LogP contribution < -0.4 is 16.4 Å². The predicted molar refractivity (Wildman–Crippen MR) is 62.1 cm³/mol. The Morgan fingerprint density at radius 3 is 2.81 bits per heavy atom. The van der Waals surface area contributed by atoms with E-state index in [-0.39, 0.29) is 6.61 Å². The Labute approximate surface area is 94.1 Å². The monoisotopic (exact) mass is 221 g/mol. The summed E-state index contributed by atoms with van der Waals surface area (Å²) in [6, 6.07) is 5.41. The van der Waals surface area contributed by atoms with Crippen molar-refractivity contribution in [2.75, 3.05) is 36.9 Å².